The molecule has 2 aromatic rings. The predicted molar refractivity (Wildman–Crippen MR) is 71.5 cm³/mol. The Kier molecular flexibility index (Phi) is 4.10. The summed E-state index contributed by atoms with van der Waals surface area (Å²) >= 11 is 0. The van der Waals surface area contributed by atoms with Crippen LogP contribution in [0.2, 0.25) is 0 Å². The molecule has 1 aromatic carbocycles. The van der Waals surface area contributed by atoms with Gasteiger partial charge in [-0.2, -0.15) is 0 Å². The average Bonchev–Trinajstić information content (AvgIpc) is 2.81. The van der Waals surface area contributed by atoms with Crippen molar-refractivity contribution in [3.63, 3.8) is 0 Å². The lowest BCUT2D eigenvalue weighted by molar-refractivity contribution is 0.494. The molecule has 0 saturated heterocycles. The number of aromatic nitrogens is 2. The van der Waals surface area contributed by atoms with Gasteiger partial charge >= 0.3 is 0 Å². The Labute approximate surface area is 107 Å². The maximum atomic E-state index is 5.70. The second kappa shape index (κ2) is 5.78. The molecule has 0 spiro atoms. The van der Waals surface area contributed by atoms with Crippen LogP contribution in [0.15, 0.2) is 22.6 Å². The fraction of sp³-hybridized carbons (Fsp3) is 0.429. The summed E-state index contributed by atoms with van der Waals surface area (Å²) in [6.45, 7) is 5.08. The smallest absolute Gasteiger partial charge is 0.248 e. The normalized spacial score (nSPS) is 10.8. The molecule has 0 bridgehead atoms. The van der Waals surface area contributed by atoms with Gasteiger partial charge < -0.3 is 9.73 Å². The molecule has 0 fully saturated rings. The first-order chi connectivity index (χ1) is 8.70. The standard InChI is InChI=1S/C14H19N3O/c1-10-6-7-11(2)12(9-10)14-17-16-13(18-14)5-4-8-15-3/h6-7,9,15H,4-5,8H2,1-3H3. The van der Waals surface area contributed by atoms with Crippen LogP contribution in [0.4, 0.5) is 0 Å². The number of benzene rings is 1. The van der Waals surface area contributed by atoms with Gasteiger partial charge in [0.2, 0.25) is 11.8 Å². The van der Waals surface area contributed by atoms with Crippen molar-refractivity contribution in [1.82, 2.24) is 15.5 Å². The molecule has 4 nitrogen and oxygen atoms in total. The highest BCUT2D eigenvalue weighted by atomic mass is 16.4. The Morgan fingerprint density at radius 1 is 1.22 bits per heavy atom. The van der Waals surface area contributed by atoms with Crippen molar-refractivity contribution in [2.24, 2.45) is 0 Å². The second-order valence-corrected chi connectivity index (χ2v) is 4.53. The summed E-state index contributed by atoms with van der Waals surface area (Å²) in [7, 11) is 1.94. The Balaban J connectivity index is 2.16. The van der Waals surface area contributed by atoms with E-state index in [0.717, 1.165) is 30.5 Å². The topological polar surface area (TPSA) is 51.0 Å². The van der Waals surface area contributed by atoms with E-state index in [2.05, 4.69) is 47.6 Å². The minimum atomic E-state index is 0.621. The number of aryl methyl sites for hydroxylation is 3. The zero-order valence-corrected chi connectivity index (χ0v) is 11.2. The van der Waals surface area contributed by atoms with E-state index in [4.69, 9.17) is 4.42 Å². The lowest BCUT2D eigenvalue weighted by atomic mass is 10.1. The number of nitrogens with one attached hydrogen (secondary N) is 1. The second-order valence-electron chi connectivity index (χ2n) is 4.53. The molecule has 96 valence electrons. The maximum absolute atomic E-state index is 5.70. The van der Waals surface area contributed by atoms with Gasteiger partial charge in [0, 0.05) is 12.0 Å². The van der Waals surface area contributed by atoms with Crippen molar-refractivity contribution in [2.45, 2.75) is 26.7 Å². The van der Waals surface area contributed by atoms with Crippen molar-refractivity contribution in [2.75, 3.05) is 13.6 Å². The van der Waals surface area contributed by atoms with Gasteiger partial charge in [-0.15, -0.1) is 10.2 Å². The molecule has 0 saturated carbocycles. The molecule has 18 heavy (non-hydrogen) atoms. The quantitative estimate of drug-likeness (QED) is 0.822. The lowest BCUT2D eigenvalue weighted by Crippen LogP contribution is -2.08. The van der Waals surface area contributed by atoms with E-state index in [1.807, 2.05) is 7.05 Å². The third kappa shape index (κ3) is 2.96. The highest BCUT2D eigenvalue weighted by molar-refractivity contribution is 5.59. The van der Waals surface area contributed by atoms with Crippen LogP contribution < -0.4 is 5.32 Å². The fourth-order valence-corrected chi connectivity index (χ4v) is 1.85. The molecule has 0 aliphatic carbocycles. The van der Waals surface area contributed by atoms with Crippen molar-refractivity contribution < 1.29 is 4.42 Å². The first kappa shape index (κ1) is 12.8. The molecule has 0 radical (unpaired) electrons. The van der Waals surface area contributed by atoms with Crippen molar-refractivity contribution >= 4 is 0 Å². The van der Waals surface area contributed by atoms with Crippen LogP contribution in [-0.2, 0) is 6.42 Å². The zero-order chi connectivity index (χ0) is 13.0. The van der Waals surface area contributed by atoms with Gasteiger partial charge in [-0.3, -0.25) is 0 Å². The van der Waals surface area contributed by atoms with Gasteiger partial charge in [0.25, 0.3) is 0 Å². The molecule has 0 unspecified atom stereocenters. The van der Waals surface area contributed by atoms with Gasteiger partial charge in [-0.05, 0) is 45.5 Å². The van der Waals surface area contributed by atoms with Gasteiger partial charge in [-0.1, -0.05) is 17.7 Å². The number of hydrogen-bond acceptors (Lipinski definition) is 4. The predicted octanol–water partition coefficient (Wildman–Crippen LogP) is 2.51. The molecule has 0 atom stereocenters. The average molecular weight is 245 g/mol. The summed E-state index contributed by atoms with van der Waals surface area (Å²) in [4.78, 5) is 0. The van der Waals surface area contributed by atoms with Crippen LogP contribution in [0.25, 0.3) is 11.5 Å². The Morgan fingerprint density at radius 2 is 2.06 bits per heavy atom. The molecular weight excluding hydrogens is 226 g/mol. The van der Waals surface area contributed by atoms with Crippen LogP contribution in [0.3, 0.4) is 0 Å². The van der Waals surface area contributed by atoms with Crippen molar-refractivity contribution in [3.05, 3.63) is 35.2 Å². The van der Waals surface area contributed by atoms with Crippen LogP contribution in [0, 0.1) is 13.8 Å². The molecular formula is C14H19N3O. The largest absolute Gasteiger partial charge is 0.421 e. The SMILES string of the molecule is CNCCCc1nnc(-c2cc(C)ccc2C)o1. The third-order valence-electron chi connectivity index (χ3n) is 2.91. The van der Waals surface area contributed by atoms with Crippen LogP contribution in [0.1, 0.15) is 23.4 Å². The molecule has 4 heteroatoms. The van der Waals surface area contributed by atoms with E-state index in [9.17, 15) is 0 Å². The van der Waals surface area contributed by atoms with Crippen LogP contribution >= 0.6 is 0 Å². The van der Waals surface area contributed by atoms with Crippen LogP contribution in [-0.4, -0.2) is 23.8 Å². The van der Waals surface area contributed by atoms with E-state index in [0.29, 0.717) is 11.8 Å². The molecule has 1 heterocycles. The van der Waals surface area contributed by atoms with E-state index in [-0.39, 0.29) is 0 Å². The Morgan fingerprint density at radius 3 is 2.83 bits per heavy atom. The Hall–Kier alpha value is -1.68. The molecule has 0 aliphatic heterocycles. The van der Waals surface area contributed by atoms with Gasteiger partial charge in [0.15, 0.2) is 0 Å². The molecule has 1 aromatic heterocycles. The number of nitrogens with zero attached hydrogens (tertiary/aromatic N) is 2. The molecule has 0 amide bonds. The van der Waals surface area contributed by atoms with E-state index < -0.39 is 0 Å². The number of hydrogen-bond donors (Lipinski definition) is 1. The summed E-state index contributed by atoms with van der Waals surface area (Å²) in [5, 5.41) is 11.3. The zero-order valence-electron chi connectivity index (χ0n) is 11.2. The first-order valence-corrected chi connectivity index (χ1v) is 6.25. The number of rotatable bonds is 5. The van der Waals surface area contributed by atoms with Crippen molar-refractivity contribution in [3.8, 4) is 11.5 Å². The highest BCUT2D eigenvalue weighted by Crippen LogP contribution is 2.23. The van der Waals surface area contributed by atoms with Gasteiger partial charge in [-0.25, -0.2) is 0 Å². The molecule has 1 N–H and O–H groups in total. The minimum Gasteiger partial charge on any atom is -0.421 e. The summed E-state index contributed by atoms with van der Waals surface area (Å²) in [5.41, 5.74) is 3.39. The minimum absolute atomic E-state index is 0.621. The first-order valence-electron chi connectivity index (χ1n) is 6.25. The van der Waals surface area contributed by atoms with Gasteiger partial charge in [0.05, 0.1) is 0 Å². The van der Waals surface area contributed by atoms with E-state index in [1.54, 1.807) is 0 Å². The van der Waals surface area contributed by atoms with Gasteiger partial charge in [0.1, 0.15) is 0 Å². The summed E-state index contributed by atoms with van der Waals surface area (Å²) in [5.74, 6) is 1.33. The summed E-state index contributed by atoms with van der Waals surface area (Å²) in [6.07, 6.45) is 1.82. The van der Waals surface area contributed by atoms with E-state index in [1.165, 1.54) is 5.56 Å². The van der Waals surface area contributed by atoms with Crippen molar-refractivity contribution in [1.29, 1.82) is 0 Å². The monoisotopic (exact) mass is 245 g/mol. The third-order valence-corrected chi connectivity index (χ3v) is 2.91. The molecule has 0 aliphatic rings. The maximum Gasteiger partial charge on any atom is 0.248 e. The van der Waals surface area contributed by atoms with E-state index >= 15 is 0 Å². The molecule has 2 rings (SSSR count). The highest BCUT2D eigenvalue weighted by Gasteiger charge is 2.10. The fourth-order valence-electron chi connectivity index (χ4n) is 1.85. The summed E-state index contributed by atoms with van der Waals surface area (Å²) in [6, 6.07) is 6.25. The summed E-state index contributed by atoms with van der Waals surface area (Å²) < 4.78 is 5.70. The lowest BCUT2D eigenvalue weighted by Gasteiger charge is -2.01. The Bertz CT molecular complexity index is 520. The van der Waals surface area contributed by atoms with Crippen LogP contribution in [0.5, 0.6) is 0 Å².